The fraction of sp³-hybridized carbons (Fsp3) is 0.944. The zero-order valence-electron chi connectivity index (χ0n) is 37.8. The number of nitrogens with one attached hydrogen (secondary N) is 2. The van der Waals surface area contributed by atoms with Gasteiger partial charge in [-0.1, -0.05) is 0 Å². The fourth-order valence-electron chi connectivity index (χ4n) is 6.24. The number of ether oxygens (including phenoxy) is 2. The number of carbonyl (C=O) groups is 2. The maximum atomic E-state index is 12.4. The summed E-state index contributed by atoms with van der Waals surface area (Å²) in [7, 11) is 3.01. The molecule has 2 amide bonds. The molecule has 0 heterocycles. The standard InChI is InChI=1S/C36H78N4O22Si2/c1-55-63(56-2,57-3)17-7-11-39(13-9-37-35(53)33(51)31(49)29(47)27(45)21-41)19-25(43)23-61-15-16-62-24-26(44)20-40(12-8-18-64(58-4,59-5)60-6)14-10-38-36(54)34(52)32(50)30(48)28(46)22-42/h25-34,41-52H,7-24H2,1-6H3,(H,37,53)(H,38,54). The summed E-state index contributed by atoms with van der Waals surface area (Å²) in [5, 5.41) is 123. The topological polar surface area (TPSA) is 381 Å². The molecular formula is C36H78N4O22Si2. The maximum absolute atomic E-state index is 12.4. The first-order valence-corrected chi connectivity index (χ1v) is 24.7. The van der Waals surface area contributed by atoms with Gasteiger partial charge in [0.1, 0.15) is 36.6 Å². The van der Waals surface area contributed by atoms with Crippen molar-refractivity contribution in [1.82, 2.24) is 20.4 Å². The summed E-state index contributed by atoms with van der Waals surface area (Å²) in [5.74, 6) is -2.07. The highest BCUT2D eigenvalue weighted by Crippen LogP contribution is 2.17. The molecule has 382 valence electrons. The van der Waals surface area contributed by atoms with Crippen molar-refractivity contribution in [3.05, 3.63) is 0 Å². The summed E-state index contributed by atoms with van der Waals surface area (Å²) in [6.45, 7) is -0.782. The molecule has 0 rings (SSSR count). The van der Waals surface area contributed by atoms with Crippen LogP contribution in [0, 0.1) is 0 Å². The Morgan fingerprint density at radius 2 is 0.812 bits per heavy atom. The Morgan fingerprint density at radius 3 is 1.09 bits per heavy atom. The lowest BCUT2D eigenvalue weighted by molar-refractivity contribution is -0.149. The third kappa shape index (κ3) is 23.5. The molecule has 0 saturated heterocycles. The van der Waals surface area contributed by atoms with Crippen molar-refractivity contribution >= 4 is 29.4 Å². The molecular weight excluding hydrogens is 897 g/mol. The molecule has 10 atom stereocenters. The number of nitrogens with zero attached hydrogens (tertiary/aromatic N) is 2. The third-order valence-corrected chi connectivity index (χ3v) is 15.9. The van der Waals surface area contributed by atoms with E-state index in [9.17, 15) is 60.7 Å². The second-order valence-electron chi connectivity index (χ2n) is 14.8. The number of rotatable bonds is 41. The van der Waals surface area contributed by atoms with Crippen LogP contribution in [0.1, 0.15) is 12.8 Å². The van der Waals surface area contributed by atoms with Gasteiger partial charge in [0.2, 0.25) is 0 Å². The lowest BCUT2D eigenvalue weighted by atomic mass is 10.0. The van der Waals surface area contributed by atoms with E-state index in [1.165, 1.54) is 42.7 Å². The highest BCUT2D eigenvalue weighted by molar-refractivity contribution is 6.60. The molecule has 0 radical (unpaired) electrons. The quantitative estimate of drug-likeness (QED) is 0.0200. The van der Waals surface area contributed by atoms with Crippen LogP contribution < -0.4 is 10.6 Å². The van der Waals surface area contributed by atoms with Crippen LogP contribution in [0.5, 0.6) is 0 Å². The van der Waals surface area contributed by atoms with Crippen molar-refractivity contribution in [2.75, 3.05) is 135 Å². The summed E-state index contributed by atoms with van der Waals surface area (Å²) < 4.78 is 44.0. The van der Waals surface area contributed by atoms with Crippen LogP contribution in [-0.2, 0) is 45.6 Å². The number of hydrogen-bond donors (Lipinski definition) is 14. The fourth-order valence-corrected chi connectivity index (χ4v) is 9.64. The van der Waals surface area contributed by atoms with Crippen LogP contribution in [0.15, 0.2) is 0 Å². The van der Waals surface area contributed by atoms with Crippen molar-refractivity contribution in [1.29, 1.82) is 0 Å². The van der Waals surface area contributed by atoms with E-state index < -0.39 is 104 Å². The number of hydrogen-bond acceptors (Lipinski definition) is 24. The van der Waals surface area contributed by atoms with E-state index in [0.717, 1.165) is 0 Å². The maximum Gasteiger partial charge on any atom is 0.500 e. The van der Waals surface area contributed by atoms with Crippen LogP contribution in [0.25, 0.3) is 0 Å². The van der Waals surface area contributed by atoms with E-state index in [4.69, 9.17) is 46.2 Å². The molecule has 0 bridgehead atoms. The Bertz CT molecular complexity index is 1100. The zero-order valence-corrected chi connectivity index (χ0v) is 39.8. The summed E-state index contributed by atoms with van der Waals surface area (Å²) in [4.78, 5) is 28.5. The van der Waals surface area contributed by atoms with Gasteiger partial charge in [-0.25, -0.2) is 0 Å². The van der Waals surface area contributed by atoms with E-state index in [0.29, 0.717) is 38.0 Å². The average Bonchev–Trinajstić information content (AvgIpc) is 3.30. The highest BCUT2D eigenvalue weighted by Gasteiger charge is 2.39. The van der Waals surface area contributed by atoms with E-state index in [1.807, 2.05) is 0 Å². The van der Waals surface area contributed by atoms with Crippen molar-refractivity contribution in [2.24, 2.45) is 0 Å². The number of aliphatic hydroxyl groups excluding tert-OH is 12. The lowest BCUT2D eigenvalue weighted by Gasteiger charge is -2.29. The molecule has 0 aromatic heterocycles. The van der Waals surface area contributed by atoms with Gasteiger partial charge in [-0.3, -0.25) is 19.4 Å². The molecule has 0 spiro atoms. The Balaban J connectivity index is 5.23. The third-order valence-electron chi connectivity index (χ3n) is 10.2. The van der Waals surface area contributed by atoms with Crippen molar-refractivity contribution in [2.45, 2.75) is 86.0 Å². The predicted molar refractivity (Wildman–Crippen MR) is 227 cm³/mol. The summed E-state index contributed by atoms with van der Waals surface area (Å²) in [5.41, 5.74) is 0. The Hall–Kier alpha value is -1.51. The molecule has 0 aliphatic heterocycles. The van der Waals surface area contributed by atoms with Crippen molar-refractivity contribution < 1.29 is 107 Å². The monoisotopic (exact) mass is 974 g/mol. The molecule has 0 aliphatic rings. The second-order valence-corrected chi connectivity index (χ2v) is 21.0. The predicted octanol–water partition coefficient (Wildman–Crippen LogP) is -8.01. The minimum absolute atomic E-state index is 0.0479. The zero-order chi connectivity index (χ0) is 48.9. The van der Waals surface area contributed by atoms with Crippen molar-refractivity contribution in [3.63, 3.8) is 0 Å². The molecule has 26 nitrogen and oxygen atoms in total. The van der Waals surface area contributed by atoms with Crippen LogP contribution in [0.3, 0.4) is 0 Å². The summed E-state index contributed by atoms with van der Waals surface area (Å²) >= 11 is 0. The highest BCUT2D eigenvalue weighted by atomic mass is 28.4. The van der Waals surface area contributed by atoms with Gasteiger partial charge >= 0.3 is 17.6 Å². The molecule has 10 unspecified atom stereocenters. The average molecular weight is 975 g/mol. The number of aliphatic hydroxyl groups is 12. The van der Waals surface area contributed by atoms with Gasteiger partial charge in [-0.15, -0.1) is 0 Å². The van der Waals surface area contributed by atoms with Gasteiger partial charge in [-0.2, -0.15) is 0 Å². The molecule has 0 aliphatic carbocycles. The molecule has 0 aromatic rings. The molecule has 0 fully saturated rings. The van der Waals surface area contributed by atoms with E-state index in [2.05, 4.69) is 10.6 Å². The van der Waals surface area contributed by atoms with Crippen LogP contribution in [0.4, 0.5) is 0 Å². The van der Waals surface area contributed by atoms with Crippen LogP contribution in [-0.4, -0.2) is 296 Å². The van der Waals surface area contributed by atoms with Gasteiger partial charge in [0.15, 0.2) is 12.2 Å². The first-order chi connectivity index (χ1) is 30.3. The summed E-state index contributed by atoms with van der Waals surface area (Å²) in [6.07, 6.45) is -16.9. The van der Waals surface area contributed by atoms with Crippen LogP contribution >= 0.6 is 0 Å². The number of amides is 2. The number of carbonyl (C=O) groups excluding carboxylic acids is 2. The van der Waals surface area contributed by atoms with Gasteiger partial charge in [0.25, 0.3) is 11.8 Å². The lowest BCUT2D eigenvalue weighted by Crippen LogP contribution is -2.52. The largest absolute Gasteiger partial charge is 0.500 e. The van der Waals surface area contributed by atoms with Gasteiger partial charge in [0.05, 0.1) is 51.8 Å². The molecule has 14 N–H and O–H groups in total. The second kappa shape index (κ2) is 34.7. The molecule has 28 heteroatoms. The van der Waals surface area contributed by atoms with E-state index in [-0.39, 0.29) is 65.7 Å². The Morgan fingerprint density at radius 1 is 0.500 bits per heavy atom. The Kier molecular flexibility index (Phi) is 33.9. The molecule has 64 heavy (non-hydrogen) atoms. The molecule has 0 saturated carbocycles. The van der Waals surface area contributed by atoms with Crippen molar-refractivity contribution in [3.8, 4) is 0 Å². The first kappa shape index (κ1) is 62.5. The van der Waals surface area contributed by atoms with E-state index in [1.54, 1.807) is 9.80 Å². The Labute approximate surface area is 376 Å². The summed E-state index contributed by atoms with van der Waals surface area (Å²) in [6, 6.07) is 0.856. The van der Waals surface area contributed by atoms with E-state index >= 15 is 0 Å². The normalized spacial score (nSPS) is 17.4. The minimum atomic E-state index is -2.92. The smallest absolute Gasteiger partial charge is 0.394 e. The van der Waals surface area contributed by atoms with Gasteiger partial charge in [-0.05, 0) is 25.9 Å². The first-order valence-electron chi connectivity index (χ1n) is 20.8. The molecule has 0 aromatic carbocycles. The van der Waals surface area contributed by atoms with Gasteiger partial charge < -0.3 is 108 Å². The van der Waals surface area contributed by atoms with Gasteiger partial charge in [0, 0.05) is 94.0 Å². The SMILES string of the molecule is CO[Si](CCCN(CCNC(=O)C(O)C(O)C(O)C(O)CO)CC(O)COCCOCC(O)CN(CCC[Si](OC)(OC)OC)CCNC(=O)C(O)C(O)C(O)C(O)CO)(OC)OC. The minimum Gasteiger partial charge on any atom is -0.394 e. The van der Waals surface area contributed by atoms with Crippen LogP contribution in [0.2, 0.25) is 12.1 Å².